The Morgan fingerprint density at radius 3 is 2.84 bits per heavy atom. The highest BCUT2D eigenvalue weighted by molar-refractivity contribution is 7.89. The summed E-state index contributed by atoms with van der Waals surface area (Å²) in [7, 11) is -2.40. The molecule has 1 fully saturated rings. The van der Waals surface area contributed by atoms with Gasteiger partial charge in [0.15, 0.2) is 0 Å². The van der Waals surface area contributed by atoms with Crippen molar-refractivity contribution in [2.45, 2.75) is 30.8 Å². The van der Waals surface area contributed by atoms with Gasteiger partial charge in [0.1, 0.15) is 16.7 Å². The molecule has 0 spiro atoms. The van der Waals surface area contributed by atoms with E-state index < -0.39 is 21.9 Å². The van der Waals surface area contributed by atoms with Crippen LogP contribution >= 0.6 is 11.6 Å². The Morgan fingerprint density at radius 1 is 1.48 bits per heavy atom. The van der Waals surface area contributed by atoms with Gasteiger partial charge < -0.3 is 14.6 Å². The number of carbonyl (C=O) groups is 1. The fourth-order valence-electron chi connectivity index (χ4n) is 2.77. The van der Waals surface area contributed by atoms with Crippen molar-refractivity contribution in [2.75, 3.05) is 26.8 Å². The smallest absolute Gasteiger partial charge is 0.307 e. The highest BCUT2D eigenvalue weighted by Crippen LogP contribution is 2.32. The second kappa shape index (κ2) is 8.35. The Balaban J connectivity index is 2.34. The summed E-state index contributed by atoms with van der Waals surface area (Å²) >= 11 is 5.98. The highest BCUT2D eigenvalue weighted by atomic mass is 35.5. The van der Waals surface area contributed by atoms with Crippen molar-refractivity contribution >= 4 is 27.6 Å². The first-order chi connectivity index (χ1) is 11.8. The maximum absolute atomic E-state index is 13.0. The fraction of sp³-hybridized carbons (Fsp3) is 0.562. The lowest BCUT2D eigenvalue weighted by atomic mass is 10.0. The van der Waals surface area contributed by atoms with E-state index >= 15 is 0 Å². The van der Waals surface area contributed by atoms with Crippen LogP contribution in [-0.2, 0) is 19.6 Å². The van der Waals surface area contributed by atoms with Gasteiger partial charge in [-0.1, -0.05) is 11.6 Å². The Hall–Kier alpha value is -1.35. The van der Waals surface area contributed by atoms with Crippen LogP contribution < -0.4 is 4.74 Å². The number of halogens is 1. The average molecular weight is 392 g/mol. The Labute approximate surface area is 152 Å². The van der Waals surface area contributed by atoms with Crippen molar-refractivity contribution in [3.8, 4) is 5.75 Å². The van der Waals surface area contributed by atoms with Gasteiger partial charge in [0.05, 0.1) is 12.5 Å². The number of benzene rings is 1. The van der Waals surface area contributed by atoms with E-state index in [9.17, 15) is 18.3 Å². The maximum Gasteiger partial charge on any atom is 0.307 e. The molecule has 0 aromatic heterocycles. The van der Waals surface area contributed by atoms with Gasteiger partial charge in [-0.25, -0.2) is 8.42 Å². The number of methoxy groups -OCH3 is 1. The lowest BCUT2D eigenvalue weighted by Gasteiger charge is -2.30. The molecule has 1 aliphatic heterocycles. The van der Waals surface area contributed by atoms with E-state index in [1.165, 1.54) is 23.5 Å². The third-order valence-corrected chi connectivity index (χ3v) is 6.11. The lowest BCUT2D eigenvalue weighted by Crippen LogP contribution is -2.42. The van der Waals surface area contributed by atoms with E-state index in [-0.39, 0.29) is 34.9 Å². The molecule has 2 unspecified atom stereocenters. The topological polar surface area (TPSA) is 93.1 Å². The second-order valence-corrected chi connectivity index (χ2v) is 8.36. The molecule has 140 valence electrons. The molecule has 1 aromatic carbocycles. The summed E-state index contributed by atoms with van der Waals surface area (Å²) in [6.07, 6.45) is 0.603. The molecule has 0 aliphatic carbocycles. The third kappa shape index (κ3) is 4.84. The van der Waals surface area contributed by atoms with Crippen LogP contribution in [0.1, 0.15) is 19.8 Å². The predicted octanol–water partition coefficient (Wildman–Crippen LogP) is 2.24. The molecule has 0 radical (unpaired) electrons. The van der Waals surface area contributed by atoms with Crippen LogP contribution in [0.15, 0.2) is 23.1 Å². The van der Waals surface area contributed by atoms with Gasteiger partial charge in [-0.05, 0) is 38.0 Å². The van der Waals surface area contributed by atoms with Crippen LogP contribution in [0.25, 0.3) is 0 Å². The number of aliphatic carboxylic acids is 1. The van der Waals surface area contributed by atoms with Gasteiger partial charge >= 0.3 is 5.97 Å². The first-order valence-corrected chi connectivity index (χ1v) is 9.75. The highest BCUT2D eigenvalue weighted by Gasteiger charge is 2.35. The van der Waals surface area contributed by atoms with Gasteiger partial charge in [0, 0.05) is 25.2 Å². The van der Waals surface area contributed by atoms with Crippen LogP contribution in [0.3, 0.4) is 0 Å². The molecule has 0 saturated carbocycles. The van der Waals surface area contributed by atoms with Crippen molar-refractivity contribution in [3.05, 3.63) is 23.2 Å². The Kier molecular flexibility index (Phi) is 6.67. The number of hydrogen-bond donors (Lipinski definition) is 1. The summed E-state index contributed by atoms with van der Waals surface area (Å²) in [5.74, 6) is -1.53. The third-order valence-electron chi connectivity index (χ3n) is 3.99. The molecule has 0 amide bonds. The summed E-state index contributed by atoms with van der Waals surface area (Å²) in [6, 6.07) is 4.38. The summed E-state index contributed by atoms with van der Waals surface area (Å²) in [6.45, 7) is 2.27. The SMILES string of the molecule is COCC(C)Oc1ccc(Cl)cc1S(=O)(=O)N1CCCC(C(=O)O)C1. The lowest BCUT2D eigenvalue weighted by molar-refractivity contribution is -0.142. The summed E-state index contributed by atoms with van der Waals surface area (Å²) in [4.78, 5) is 11.2. The molecular formula is C16H22ClNO6S. The number of ether oxygens (including phenoxy) is 2. The van der Waals surface area contributed by atoms with Gasteiger partial charge in [-0.3, -0.25) is 4.79 Å². The quantitative estimate of drug-likeness (QED) is 0.766. The molecule has 7 nitrogen and oxygen atoms in total. The standard InChI is InChI=1S/C16H22ClNO6S/c1-11(10-23-2)24-14-6-5-13(17)8-15(14)25(21,22)18-7-3-4-12(9-18)16(19)20/h5-6,8,11-12H,3-4,7,9-10H2,1-2H3,(H,19,20). The average Bonchev–Trinajstić information content (AvgIpc) is 2.56. The molecule has 1 aliphatic rings. The van der Waals surface area contributed by atoms with E-state index in [0.717, 1.165) is 0 Å². The number of nitrogens with zero attached hydrogens (tertiary/aromatic N) is 1. The van der Waals surface area contributed by atoms with Crippen LogP contribution in [0.2, 0.25) is 5.02 Å². The number of rotatable bonds is 7. The molecule has 1 N–H and O–H groups in total. The maximum atomic E-state index is 13.0. The minimum Gasteiger partial charge on any atom is -0.487 e. The zero-order valence-electron chi connectivity index (χ0n) is 14.1. The Bertz CT molecular complexity index is 723. The van der Waals surface area contributed by atoms with E-state index in [1.807, 2.05) is 0 Å². The molecule has 2 rings (SSSR count). The first kappa shape index (κ1) is 20.0. The number of sulfonamides is 1. The number of piperidine rings is 1. The molecule has 1 saturated heterocycles. The summed E-state index contributed by atoms with van der Waals surface area (Å²) < 4.78 is 37.9. The number of carboxylic acid groups (broad SMARTS) is 1. The van der Waals surface area contributed by atoms with Crippen molar-refractivity contribution in [1.29, 1.82) is 0 Å². The predicted molar refractivity (Wildman–Crippen MR) is 92.5 cm³/mol. The normalized spacial score (nSPS) is 20.2. The minimum absolute atomic E-state index is 0.0583. The first-order valence-electron chi connectivity index (χ1n) is 7.93. The number of carboxylic acids is 1. The van der Waals surface area contributed by atoms with Crippen molar-refractivity contribution in [1.82, 2.24) is 4.31 Å². The van der Waals surface area contributed by atoms with E-state index in [4.69, 9.17) is 21.1 Å². The molecule has 1 aromatic rings. The van der Waals surface area contributed by atoms with Crippen molar-refractivity contribution in [2.24, 2.45) is 5.92 Å². The fourth-order valence-corrected chi connectivity index (χ4v) is 4.67. The van der Waals surface area contributed by atoms with Crippen LogP contribution in [-0.4, -0.2) is 56.7 Å². The van der Waals surface area contributed by atoms with Crippen molar-refractivity contribution < 1.29 is 27.8 Å². The van der Waals surface area contributed by atoms with Crippen LogP contribution in [0, 0.1) is 5.92 Å². The molecule has 1 heterocycles. The number of hydrogen-bond acceptors (Lipinski definition) is 5. The molecule has 9 heteroatoms. The van der Waals surface area contributed by atoms with E-state index in [1.54, 1.807) is 13.0 Å². The second-order valence-electron chi connectivity index (χ2n) is 6.02. The van der Waals surface area contributed by atoms with Crippen LogP contribution in [0.5, 0.6) is 5.75 Å². The molecule has 2 atom stereocenters. The monoisotopic (exact) mass is 391 g/mol. The van der Waals surface area contributed by atoms with Gasteiger partial charge in [0.25, 0.3) is 0 Å². The summed E-state index contributed by atoms with van der Waals surface area (Å²) in [5.41, 5.74) is 0. The van der Waals surface area contributed by atoms with Crippen LogP contribution in [0.4, 0.5) is 0 Å². The molecule has 0 bridgehead atoms. The van der Waals surface area contributed by atoms with E-state index in [0.29, 0.717) is 19.4 Å². The Morgan fingerprint density at radius 2 is 2.20 bits per heavy atom. The summed E-state index contributed by atoms with van der Waals surface area (Å²) in [5, 5.41) is 9.45. The zero-order chi connectivity index (χ0) is 18.6. The minimum atomic E-state index is -3.92. The van der Waals surface area contributed by atoms with Crippen molar-refractivity contribution in [3.63, 3.8) is 0 Å². The zero-order valence-corrected chi connectivity index (χ0v) is 15.7. The van der Waals surface area contributed by atoms with Gasteiger partial charge in [-0.2, -0.15) is 4.31 Å². The molecular weight excluding hydrogens is 370 g/mol. The van der Waals surface area contributed by atoms with E-state index in [2.05, 4.69) is 0 Å². The molecule has 25 heavy (non-hydrogen) atoms. The van der Waals surface area contributed by atoms with Gasteiger partial charge in [0.2, 0.25) is 10.0 Å². The largest absolute Gasteiger partial charge is 0.487 e. The van der Waals surface area contributed by atoms with Gasteiger partial charge in [-0.15, -0.1) is 0 Å².